The van der Waals surface area contributed by atoms with E-state index in [-0.39, 0.29) is 17.3 Å². The highest BCUT2D eigenvalue weighted by Crippen LogP contribution is 2.43. The second-order valence-corrected chi connectivity index (χ2v) is 7.10. The SMILES string of the molecule is CNCCc1ccccc1C(=O)C1CC(C)(C)OC1(C)C. The number of hydrogen-bond acceptors (Lipinski definition) is 3. The molecule has 0 aliphatic carbocycles. The molecule has 1 aliphatic heterocycles. The lowest BCUT2D eigenvalue weighted by Crippen LogP contribution is -2.34. The Hall–Kier alpha value is -1.19. The number of ether oxygens (including phenoxy) is 1. The van der Waals surface area contributed by atoms with Crippen molar-refractivity contribution in [2.75, 3.05) is 13.6 Å². The molecule has 0 bridgehead atoms. The quantitative estimate of drug-likeness (QED) is 0.846. The number of Topliss-reactive ketones (excluding diaryl/α,β-unsaturated/α-hetero) is 1. The first-order valence-electron chi connectivity index (χ1n) is 7.74. The van der Waals surface area contributed by atoms with Crippen LogP contribution in [0.4, 0.5) is 0 Å². The molecule has 1 heterocycles. The summed E-state index contributed by atoms with van der Waals surface area (Å²) in [7, 11) is 1.93. The number of rotatable bonds is 5. The van der Waals surface area contributed by atoms with Gasteiger partial charge in [-0.15, -0.1) is 0 Å². The van der Waals surface area contributed by atoms with E-state index in [9.17, 15) is 4.79 Å². The highest BCUT2D eigenvalue weighted by atomic mass is 16.5. The van der Waals surface area contributed by atoms with Crippen molar-refractivity contribution < 1.29 is 9.53 Å². The van der Waals surface area contributed by atoms with Crippen LogP contribution in [-0.2, 0) is 11.2 Å². The summed E-state index contributed by atoms with van der Waals surface area (Å²) in [6.45, 7) is 9.06. The lowest BCUT2D eigenvalue weighted by atomic mass is 9.80. The van der Waals surface area contributed by atoms with Crippen LogP contribution in [0.1, 0.15) is 50.0 Å². The van der Waals surface area contributed by atoms with E-state index < -0.39 is 5.60 Å². The van der Waals surface area contributed by atoms with Crippen molar-refractivity contribution in [2.24, 2.45) is 5.92 Å². The molecule has 0 spiro atoms. The van der Waals surface area contributed by atoms with Gasteiger partial charge in [0.1, 0.15) is 0 Å². The van der Waals surface area contributed by atoms with Crippen LogP contribution in [0, 0.1) is 5.92 Å². The summed E-state index contributed by atoms with van der Waals surface area (Å²) in [6, 6.07) is 7.96. The first-order chi connectivity index (χ1) is 9.77. The molecule has 3 heteroatoms. The van der Waals surface area contributed by atoms with Crippen molar-refractivity contribution in [3.8, 4) is 0 Å². The molecule has 0 amide bonds. The summed E-state index contributed by atoms with van der Waals surface area (Å²) in [5.74, 6) is 0.139. The number of carbonyl (C=O) groups is 1. The Morgan fingerprint density at radius 3 is 2.52 bits per heavy atom. The third-order valence-electron chi connectivity index (χ3n) is 4.32. The molecule has 1 aliphatic rings. The smallest absolute Gasteiger partial charge is 0.169 e. The molecular weight excluding hydrogens is 262 g/mol. The number of ketones is 1. The van der Waals surface area contributed by atoms with Gasteiger partial charge in [-0.05, 0) is 59.7 Å². The minimum atomic E-state index is -0.406. The fourth-order valence-corrected chi connectivity index (χ4v) is 3.40. The molecule has 1 saturated heterocycles. The summed E-state index contributed by atoms with van der Waals surface area (Å²) in [6.07, 6.45) is 1.65. The van der Waals surface area contributed by atoms with E-state index in [2.05, 4.69) is 25.2 Å². The highest BCUT2D eigenvalue weighted by molar-refractivity contribution is 6.00. The molecule has 21 heavy (non-hydrogen) atoms. The van der Waals surface area contributed by atoms with E-state index >= 15 is 0 Å². The standard InChI is InChI=1S/C18H27NO2/c1-17(2)12-15(18(3,4)21-17)16(20)14-9-7-6-8-13(14)10-11-19-5/h6-9,15,19H,10-12H2,1-5H3. The van der Waals surface area contributed by atoms with E-state index in [0.29, 0.717) is 0 Å². The van der Waals surface area contributed by atoms with Gasteiger partial charge in [-0.1, -0.05) is 24.3 Å². The Bertz CT molecular complexity index is 520. The predicted octanol–water partition coefficient (Wildman–Crippen LogP) is 3.22. The number of nitrogens with one attached hydrogen (secondary N) is 1. The lowest BCUT2D eigenvalue weighted by molar-refractivity contribution is -0.0712. The van der Waals surface area contributed by atoms with Crippen LogP contribution in [0.25, 0.3) is 0 Å². The monoisotopic (exact) mass is 289 g/mol. The number of benzene rings is 1. The van der Waals surface area contributed by atoms with E-state index in [1.54, 1.807) is 0 Å². The maximum Gasteiger partial charge on any atom is 0.169 e. The number of likely N-dealkylation sites (N-methyl/N-ethyl adjacent to an activating group) is 1. The van der Waals surface area contributed by atoms with Crippen molar-refractivity contribution in [3.63, 3.8) is 0 Å². The summed E-state index contributed by atoms with van der Waals surface area (Å²) in [5, 5.41) is 3.15. The van der Waals surface area contributed by atoms with Gasteiger partial charge in [0.05, 0.1) is 17.1 Å². The molecule has 1 atom stereocenters. The van der Waals surface area contributed by atoms with E-state index in [0.717, 1.165) is 30.5 Å². The molecule has 1 unspecified atom stereocenters. The van der Waals surface area contributed by atoms with Crippen LogP contribution in [0.2, 0.25) is 0 Å². The molecule has 0 radical (unpaired) electrons. The van der Waals surface area contributed by atoms with Gasteiger partial charge in [0, 0.05) is 5.56 Å². The highest BCUT2D eigenvalue weighted by Gasteiger charge is 2.49. The van der Waals surface area contributed by atoms with Gasteiger partial charge in [-0.2, -0.15) is 0 Å². The Kier molecular flexibility index (Phi) is 4.54. The second kappa shape index (κ2) is 5.90. The first-order valence-corrected chi connectivity index (χ1v) is 7.74. The van der Waals surface area contributed by atoms with Crippen molar-refractivity contribution in [2.45, 2.75) is 51.7 Å². The summed E-state index contributed by atoms with van der Waals surface area (Å²) < 4.78 is 6.08. The van der Waals surface area contributed by atoms with Gasteiger partial charge in [0.25, 0.3) is 0 Å². The van der Waals surface area contributed by atoms with Crippen LogP contribution < -0.4 is 5.32 Å². The molecule has 0 aromatic heterocycles. The first kappa shape index (κ1) is 16.2. The van der Waals surface area contributed by atoms with Crippen LogP contribution in [0.15, 0.2) is 24.3 Å². The maximum absolute atomic E-state index is 13.0. The molecule has 0 saturated carbocycles. The van der Waals surface area contributed by atoms with E-state index in [1.807, 2.05) is 39.1 Å². The summed E-state index contributed by atoms with van der Waals surface area (Å²) in [5.41, 5.74) is 1.34. The van der Waals surface area contributed by atoms with E-state index in [1.165, 1.54) is 0 Å². The van der Waals surface area contributed by atoms with Crippen LogP contribution in [0.5, 0.6) is 0 Å². The Morgan fingerprint density at radius 2 is 1.95 bits per heavy atom. The van der Waals surface area contributed by atoms with Gasteiger partial charge in [-0.3, -0.25) is 4.79 Å². The third-order valence-corrected chi connectivity index (χ3v) is 4.32. The zero-order valence-electron chi connectivity index (χ0n) is 13.8. The van der Waals surface area contributed by atoms with Gasteiger partial charge in [-0.25, -0.2) is 0 Å². The zero-order valence-corrected chi connectivity index (χ0v) is 13.8. The fourth-order valence-electron chi connectivity index (χ4n) is 3.40. The largest absolute Gasteiger partial charge is 0.369 e. The van der Waals surface area contributed by atoms with Crippen molar-refractivity contribution in [1.82, 2.24) is 5.32 Å². The average Bonchev–Trinajstić information content (AvgIpc) is 2.64. The number of carbonyl (C=O) groups excluding carboxylic acids is 1. The second-order valence-electron chi connectivity index (χ2n) is 7.10. The molecule has 1 aromatic carbocycles. The van der Waals surface area contributed by atoms with Crippen LogP contribution in [0.3, 0.4) is 0 Å². The number of hydrogen-bond donors (Lipinski definition) is 1. The van der Waals surface area contributed by atoms with Crippen LogP contribution in [-0.4, -0.2) is 30.6 Å². The molecule has 1 aromatic rings. The molecule has 3 nitrogen and oxygen atoms in total. The summed E-state index contributed by atoms with van der Waals surface area (Å²) >= 11 is 0. The van der Waals surface area contributed by atoms with Crippen molar-refractivity contribution in [3.05, 3.63) is 35.4 Å². The molecule has 116 valence electrons. The molecular formula is C18H27NO2. The predicted molar refractivity (Wildman–Crippen MR) is 85.8 cm³/mol. The van der Waals surface area contributed by atoms with Gasteiger partial charge >= 0.3 is 0 Å². The zero-order chi connectivity index (χ0) is 15.7. The maximum atomic E-state index is 13.0. The van der Waals surface area contributed by atoms with E-state index in [4.69, 9.17) is 4.74 Å². The lowest BCUT2D eigenvalue weighted by Gasteiger charge is -2.27. The molecule has 1 N–H and O–H groups in total. The fraction of sp³-hybridized carbons (Fsp3) is 0.611. The Balaban J connectivity index is 2.28. The minimum absolute atomic E-state index is 0.0803. The molecule has 2 rings (SSSR count). The Morgan fingerprint density at radius 1 is 1.29 bits per heavy atom. The topological polar surface area (TPSA) is 38.3 Å². The minimum Gasteiger partial charge on any atom is -0.369 e. The average molecular weight is 289 g/mol. The van der Waals surface area contributed by atoms with Crippen LogP contribution >= 0.6 is 0 Å². The van der Waals surface area contributed by atoms with Gasteiger partial charge < -0.3 is 10.1 Å². The van der Waals surface area contributed by atoms with Gasteiger partial charge in [0.2, 0.25) is 0 Å². The van der Waals surface area contributed by atoms with Crippen molar-refractivity contribution in [1.29, 1.82) is 0 Å². The van der Waals surface area contributed by atoms with Crippen molar-refractivity contribution >= 4 is 5.78 Å². The van der Waals surface area contributed by atoms with Gasteiger partial charge in [0.15, 0.2) is 5.78 Å². The molecule has 1 fully saturated rings. The normalized spacial score (nSPS) is 23.2. The summed E-state index contributed by atoms with van der Waals surface area (Å²) in [4.78, 5) is 13.0. The third kappa shape index (κ3) is 3.53. The Labute approximate surface area is 128 Å².